The predicted molar refractivity (Wildman–Crippen MR) is 64.0 cm³/mol. The molecule has 0 fully saturated rings. The zero-order valence-corrected chi connectivity index (χ0v) is 11.7. The van der Waals surface area contributed by atoms with Crippen LogP contribution in [0.3, 0.4) is 0 Å². The molecule has 0 aliphatic carbocycles. The maximum absolute atomic E-state index is 11.8. The van der Waals surface area contributed by atoms with E-state index >= 15 is 0 Å². The van der Waals surface area contributed by atoms with Crippen LogP contribution in [0.1, 0.15) is 34.1 Å². The van der Waals surface area contributed by atoms with Crippen LogP contribution >= 0.6 is 0 Å². The van der Waals surface area contributed by atoms with Gasteiger partial charge < -0.3 is 0 Å². The Kier molecular flexibility index (Phi) is 4.94. The van der Waals surface area contributed by atoms with E-state index in [1.54, 1.807) is 13.8 Å². The van der Waals surface area contributed by atoms with E-state index in [9.17, 15) is 13.2 Å². The Bertz CT molecular complexity index is 345. The molecule has 0 rings (SSSR count). The lowest BCUT2D eigenvalue weighted by Crippen LogP contribution is -2.45. The van der Waals surface area contributed by atoms with Crippen molar-refractivity contribution in [2.75, 3.05) is 14.1 Å². The molecule has 0 aliphatic rings. The molecule has 0 spiro atoms. The van der Waals surface area contributed by atoms with E-state index in [-0.39, 0.29) is 0 Å². The summed E-state index contributed by atoms with van der Waals surface area (Å²) < 4.78 is 26.0. The summed E-state index contributed by atoms with van der Waals surface area (Å²) in [5.41, 5.74) is -0.683. The number of hydrogen-bond acceptors (Lipinski definition) is 3. The SMILES string of the molecule is CC(C)CC(C)(C)C(=O)NS(=O)(=O)N(C)C. The maximum Gasteiger partial charge on any atom is 0.303 e. The average Bonchev–Trinajstić information content (AvgIpc) is 1.99. The van der Waals surface area contributed by atoms with E-state index in [0.717, 1.165) is 4.31 Å². The number of carbonyl (C=O) groups excluding carboxylic acids is 1. The zero-order valence-electron chi connectivity index (χ0n) is 10.9. The first-order valence-corrected chi connectivity index (χ1v) is 6.68. The Balaban J connectivity index is 4.71. The highest BCUT2D eigenvalue weighted by atomic mass is 32.2. The first-order valence-electron chi connectivity index (χ1n) is 5.24. The third kappa shape index (κ3) is 4.49. The van der Waals surface area contributed by atoms with Crippen LogP contribution in [-0.4, -0.2) is 32.7 Å². The van der Waals surface area contributed by atoms with Gasteiger partial charge in [0.2, 0.25) is 5.91 Å². The monoisotopic (exact) mass is 250 g/mol. The fourth-order valence-electron chi connectivity index (χ4n) is 1.46. The van der Waals surface area contributed by atoms with Gasteiger partial charge in [-0.1, -0.05) is 27.7 Å². The molecule has 0 heterocycles. The Morgan fingerprint density at radius 1 is 1.31 bits per heavy atom. The highest BCUT2D eigenvalue weighted by Crippen LogP contribution is 2.25. The molecule has 96 valence electrons. The number of rotatable bonds is 5. The van der Waals surface area contributed by atoms with E-state index in [1.807, 2.05) is 13.8 Å². The molecule has 0 aromatic rings. The minimum atomic E-state index is -3.68. The highest BCUT2D eigenvalue weighted by molar-refractivity contribution is 7.87. The van der Waals surface area contributed by atoms with Gasteiger partial charge in [-0.2, -0.15) is 12.7 Å². The Labute approximate surface area is 98.4 Å². The third-order valence-corrected chi connectivity index (χ3v) is 3.64. The number of nitrogens with one attached hydrogen (secondary N) is 1. The van der Waals surface area contributed by atoms with Gasteiger partial charge in [-0.05, 0) is 12.3 Å². The van der Waals surface area contributed by atoms with Crippen molar-refractivity contribution in [1.82, 2.24) is 9.03 Å². The largest absolute Gasteiger partial charge is 0.303 e. The van der Waals surface area contributed by atoms with Gasteiger partial charge >= 0.3 is 10.2 Å². The maximum atomic E-state index is 11.8. The van der Waals surface area contributed by atoms with Gasteiger partial charge in [-0.25, -0.2) is 4.72 Å². The van der Waals surface area contributed by atoms with Gasteiger partial charge in [0.15, 0.2) is 0 Å². The molecule has 16 heavy (non-hydrogen) atoms. The summed E-state index contributed by atoms with van der Waals surface area (Å²) in [5, 5.41) is 0. The Hall–Kier alpha value is -0.620. The number of carbonyl (C=O) groups is 1. The van der Waals surface area contributed by atoms with E-state index in [1.165, 1.54) is 14.1 Å². The normalized spacial score (nSPS) is 13.2. The summed E-state index contributed by atoms with van der Waals surface area (Å²) >= 11 is 0. The van der Waals surface area contributed by atoms with Gasteiger partial charge in [0.1, 0.15) is 0 Å². The van der Waals surface area contributed by atoms with Crippen LogP contribution in [0, 0.1) is 11.3 Å². The first-order chi connectivity index (χ1) is 6.99. The first kappa shape index (κ1) is 15.4. The minimum Gasteiger partial charge on any atom is -0.273 e. The summed E-state index contributed by atoms with van der Waals surface area (Å²) in [5.74, 6) is -0.127. The van der Waals surface area contributed by atoms with Crippen molar-refractivity contribution < 1.29 is 13.2 Å². The van der Waals surface area contributed by atoms with Crippen molar-refractivity contribution >= 4 is 16.1 Å². The lowest BCUT2D eigenvalue weighted by Gasteiger charge is -2.26. The van der Waals surface area contributed by atoms with Gasteiger partial charge in [0, 0.05) is 19.5 Å². The van der Waals surface area contributed by atoms with Crippen LogP contribution in [0.25, 0.3) is 0 Å². The fraction of sp³-hybridized carbons (Fsp3) is 0.900. The molecule has 0 saturated carbocycles. The van der Waals surface area contributed by atoms with Crippen molar-refractivity contribution in [3.05, 3.63) is 0 Å². The molecule has 0 aliphatic heterocycles. The van der Waals surface area contributed by atoms with E-state index in [4.69, 9.17) is 0 Å². The summed E-state index contributed by atoms with van der Waals surface area (Å²) in [6, 6.07) is 0. The molecule has 0 saturated heterocycles. The van der Waals surface area contributed by atoms with Crippen molar-refractivity contribution in [3.8, 4) is 0 Å². The Morgan fingerprint density at radius 3 is 2.06 bits per heavy atom. The van der Waals surface area contributed by atoms with Gasteiger partial charge in [-0.15, -0.1) is 0 Å². The zero-order chi connectivity index (χ0) is 13.1. The van der Waals surface area contributed by atoms with Crippen LogP contribution in [0.15, 0.2) is 0 Å². The standard InChI is InChI=1S/C10H22N2O3S/c1-8(2)7-10(3,4)9(13)11-16(14,15)12(5)6/h8H,7H2,1-6H3,(H,11,13). The molecule has 1 amide bonds. The molecule has 6 heteroatoms. The lowest BCUT2D eigenvalue weighted by molar-refractivity contribution is -0.128. The highest BCUT2D eigenvalue weighted by Gasteiger charge is 2.31. The van der Waals surface area contributed by atoms with Crippen molar-refractivity contribution in [2.45, 2.75) is 34.1 Å². The fourth-order valence-corrected chi connectivity index (χ4v) is 2.15. The van der Waals surface area contributed by atoms with Crippen LogP contribution in [0.4, 0.5) is 0 Å². The molecule has 0 unspecified atom stereocenters. The molecule has 0 radical (unpaired) electrons. The van der Waals surface area contributed by atoms with Crippen molar-refractivity contribution in [1.29, 1.82) is 0 Å². The molecule has 0 atom stereocenters. The third-order valence-electron chi connectivity index (χ3n) is 2.24. The van der Waals surface area contributed by atoms with Crippen LogP contribution in [0.2, 0.25) is 0 Å². The second-order valence-corrected chi connectivity index (χ2v) is 7.09. The summed E-state index contributed by atoms with van der Waals surface area (Å²) in [4.78, 5) is 11.8. The van der Waals surface area contributed by atoms with Crippen LogP contribution in [-0.2, 0) is 15.0 Å². The van der Waals surface area contributed by atoms with Crippen molar-refractivity contribution in [3.63, 3.8) is 0 Å². The number of amides is 1. The van der Waals surface area contributed by atoms with E-state index in [0.29, 0.717) is 12.3 Å². The van der Waals surface area contributed by atoms with Crippen LogP contribution in [0.5, 0.6) is 0 Å². The van der Waals surface area contributed by atoms with Crippen LogP contribution < -0.4 is 4.72 Å². The quantitative estimate of drug-likeness (QED) is 0.791. The predicted octanol–water partition coefficient (Wildman–Crippen LogP) is 0.981. The molecule has 5 nitrogen and oxygen atoms in total. The number of hydrogen-bond donors (Lipinski definition) is 1. The molecule has 1 N–H and O–H groups in total. The van der Waals surface area contributed by atoms with Gasteiger partial charge in [0.25, 0.3) is 0 Å². The lowest BCUT2D eigenvalue weighted by atomic mass is 9.83. The van der Waals surface area contributed by atoms with Gasteiger partial charge in [0.05, 0.1) is 0 Å². The molecular weight excluding hydrogens is 228 g/mol. The molecule has 0 bridgehead atoms. The van der Waals surface area contributed by atoms with E-state index in [2.05, 4.69) is 4.72 Å². The topological polar surface area (TPSA) is 66.5 Å². The summed E-state index contributed by atoms with van der Waals surface area (Å²) in [7, 11) is -0.923. The number of nitrogens with zero attached hydrogens (tertiary/aromatic N) is 1. The van der Waals surface area contributed by atoms with Crippen molar-refractivity contribution in [2.24, 2.45) is 11.3 Å². The molecular formula is C10H22N2O3S. The summed E-state index contributed by atoms with van der Waals surface area (Å²) in [6.45, 7) is 7.48. The van der Waals surface area contributed by atoms with Gasteiger partial charge in [-0.3, -0.25) is 4.79 Å². The van der Waals surface area contributed by atoms with E-state index < -0.39 is 21.5 Å². The smallest absolute Gasteiger partial charge is 0.273 e. The second-order valence-electron chi connectivity index (χ2n) is 5.20. The molecule has 0 aromatic heterocycles. The minimum absolute atomic E-state index is 0.336. The molecule has 0 aromatic carbocycles. The Morgan fingerprint density at radius 2 is 1.75 bits per heavy atom. The second kappa shape index (κ2) is 5.14. The summed E-state index contributed by atoms with van der Waals surface area (Å²) in [6.07, 6.45) is 0.641. The average molecular weight is 250 g/mol.